The fraction of sp³-hybridized carbons (Fsp3) is 0.235. The van der Waals surface area contributed by atoms with E-state index in [9.17, 15) is 28.1 Å². The fourth-order valence-corrected chi connectivity index (χ4v) is 6.64. The normalized spacial score (nSPS) is 11.8. The van der Waals surface area contributed by atoms with E-state index in [-0.39, 0.29) is 34.3 Å². The lowest BCUT2D eigenvalue weighted by Crippen LogP contribution is -2.53. The van der Waals surface area contributed by atoms with Crippen LogP contribution in [0.25, 0.3) is 0 Å². The zero-order chi connectivity index (χ0) is 34.0. The van der Waals surface area contributed by atoms with E-state index in [2.05, 4.69) is 5.32 Å². The third-order valence-corrected chi connectivity index (χ3v) is 9.92. The van der Waals surface area contributed by atoms with Crippen molar-refractivity contribution in [2.45, 2.75) is 43.7 Å². The van der Waals surface area contributed by atoms with E-state index in [1.54, 1.807) is 36.4 Å². The van der Waals surface area contributed by atoms with Crippen LogP contribution in [-0.2, 0) is 32.6 Å². The molecule has 0 spiro atoms. The van der Waals surface area contributed by atoms with Gasteiger partial charge in [0.1, 0.15) is 12.6 Å². The fourth-order valence-electron chi connectivity index (χ4n) is 4.88. The van der Waals surface area contributed by atoms with E-state index >= 15 is 0 Å². The van der Waals surface area contributed by atoms with Crippen molar-refractivity contribution in [2.75, 3.05) is 17.4 Å². The van der Waals surface area contributed by atoms with E-state index < -0.39 is 39.3 Å². The van der Waals surface area contributed by atoms with E-state index in [4.69, 9.17) is 23.2 Å². The summed E-state index contributed by atoms with van der Waals surface area (Å²) in [7, 11) is -4.35. The van der Waals surface area contributed by atoms with Crippen LogP contribution in [0.3, 0.4) is 0 Å². The van der Waals surface area contributed by atoms with Crippen LogP contribution in [0.4, 0.5) is 11.4 Å². The predicted molar refractivity (Wildman–Crippen MR) is 183 cm³/mol. The number of anilines is 1. The Morgan fingerprint density at radius 3 is 2.11 bits per heavy atom. The first-order valence-electron chi connectivity index (χ1n) is 14.9. The van der Waals surface area contributed by atoms with Crippen molar-refractivity contribution in [3.05, 3.63) is 134 Å². The summed E-state index contributed by atoms with van der Waals surface area (Å²) in [4.78, 5) is 40.3. The van der Waals surface area contributed by atoms with Crippen LogP contribution in [-0.4, -0.2) is 49.2 Å². The molecule has 2 amide bonds. The first kappa shape index (κ1) is 35.4. The summed E-state index contributed by atoms with van der Waals surface area (Å²) >= 11 is 12.5. The number of halogens is 2. The molecular weight excluding hydrogens is 663 g/mol. The number of carbonyl (C=O) groups excluding carboxylic acids is 2. The highest BCUT2D eigenvalue weighted by atomic mass is 35.5. The number of nitrogens with zero attached hydrogens (tertiary/aromatic N) is 3. The van der Waals surface area contributed by atoms with E-state index in [1.807, 2.05) is 37.3 Å². The van der Waals surface area contributed by atoms with Crippen LogP contribution in [0.5, 0.6) is 0 Å². The zero-order valence-electron chi connectivity index (χ0n) is 25.6. The topological polar surface area (TPSA) is 130 Å². The molecule has 47 heavy (non-hydrogen) atoms. The van der Waals surface area contributed by atoms with Gasteiger partial charge in [0.2, 0.25) is 11.8 Å². The Hall–Kier alpha value is -4.45. The highest BCUT2D eigenvalue weighted by Crippen LogP contribution is 2.28. The molecule has 0 heterocycles. The molecule has 4 aromatic carbocycles. The highest BCUT2D eigenvalue weighted by Gasteiger charge is 2.34. The van der Waals surface area contributed by atoms with Gasteiger partial charge < -0.3 is 10.2 Å². The zero-order valence-corrected chi connectivity index (χ0v) is 27.9. The number of nitro groups is 1. The Balaban J connectivity index is 1.81. The molecule has 246 valence electrons. The van der Waals surface area contributed by atoms with Gasteiger partial charge in [-0.25, -0.2) is 8.42 Å². The van der Waals surface area contributed by atoms with Gasteiger partial charge in [-0.15, -0.1) is 0 Å². The molecule has 1 atom stereocenters. The van der Waals surface area contributed by atoms with Gasteiger partial charge in [-0.2, -0.15) is 0 Å². The Labute approximate surface area is 284 Å². The third kappa shape index (κ3) is 9.31. The number of amides is 2. The number of hydrogen-bond donors (Lipinski definition) is 1. The molecule has 0 aromatic heterocycles. The lowest BCUT2D eigenvalue weighted by molar-refractivity contribution is -0.384. The van der Waals surface area contributed by atoms with Crippen molar-refractivity contribution >= 4 is 56.4 Å². The van der Waals surface area contributed by atoms with Gasteiger partial charge in [0.25, 0.3) is 15.7 Å². The molecule has 0 aliphatic rings. The first-order chi connectivity index (χ1) is 22.5. The summed E-state index contributed by atoms with van der Waals surface area (Å²) in [6.07, 6.45) is 1.72. The third-order valence-electron chi connectivity index (χ3n) is 7.40. The number of sulfonamides is 1. The van der Waals surface area contributed by atoms with Gasteiger partial charge in [-0.3, -0.25) is 24.0 Å². The molecule has 10 nitrogen and oxygen atoms in total. The molecular formula is C34H34Cl2N4O6S. The van der Waals surface area contributed by atoms with Crippen LogP contribution in [0.1, 0.15) is 30.9 Å². The molecule has 0 radical (unpaired) electrons. The van der Waals surface area contributed by atoms with E-state index in [1.165, 1.54) is 41.3 Å². The monoisotopic (exact) mass is 696 g/mol. The largest absolute Gasteiger partial charge is 0.354 e. The number of hydrogen-bond acceptors (Lipinski definition) is 6. The Morgan fingerprint density at radius 2 is 1.51 bits per heavy atom. The minimum Gasteiger partial charge on any atom is -0.354 e. The van der Waals surface area contributed by atoms with Gasteiger partial charge in [0, 0.05) is 31.6 Å². The maximum Gasteiger partial charge on any atom is 0.269 e. The summed E-state index contributed by atoms with van der Waals surface area (Å²) < 4.78 is 29.0. The van der Waals surface area contributed by atoms with Gasteiger partial charge in [0.15, 0.2) is 0 Å². The Bertz CT molecular complexity index is 1790. The summed E-state index contributed by atoms with van der Waals surface area (Å²) in [6, 6.07) is 25.4. The van der Waals surface area contributed by atoms with Crippen LogP contribution in [0.15, 0.2) is 108 Å². The molecule has 4 aromatic rings. The summed E-state index contributed by atoms with van der Waals surface area (Å²) in [5.74, 6) is -1.08. The van der Waals surface area contributed by atoms with Gasteiger partial charge in [-0.05, 0) is 53.9 Å². The number of benzene rings is 4. The average molecular weight is 698 g/mol. The Kier molecular flexibility index (Phi) is 12.4. The number of carbonyl (C=O) groups is 2. The van der Waals surface area contributed by atoms with Gasteiger partial charge in [0.05, 0.1) is 25.6 Å². The van der Waals surface area contributed by atoms with Crippen molar-refractivity contribution in [2.24, 2.45) is 0 Å². The lowest BCUT2D eigenvalue weighted by Gasteiger charge is -2.34. The minimum absolute atomic E-state index is 0.0364. The quantitative estimate of drug-likeness (QED) is 0.0841. The Morgan fingerprint density at radius 1 is 0.872 bits per heavy atom. The number of nitro benzene ring substituents is 1. The standard InChI is InChI=1S/C34H34Cl2N4O6S/c1-2-3-20-37-34(42)32(22-25-10-6-4-7-11-25)38(23-26-14-19-30(35)31(36)21-26)33(41)24-39(27-15-17-28(18-16-27)40(43)44)47(45,46)29-12-8-5-9-13-29/h4-19,21,32H,2-3,20,22-24H2,1H3,(H,37,42). The highest BCUT2D eigenvalue weighted by molar-refractivity contribution is 7.92. The van der Waals surface area contributed by atoms with Crippen molar-refractivity contribution < 1.29 is 22.9 Å². The number of nitrogens with one attached hydrogen (secondary N) is 1. The summed E-state index contributed by atoms with van der Waals surface area (Å²) in [5, 5.41) is 14.8. The molecule has 1 unspecified atom stereocenters. The molecule has 13 heteroatoms. The number of rotatable bonds is 15. The molecule has 0 aliphatic heterocycles. The van der Waals surface area contributed by atoms with E-state index in [0.29, 0.717) is 17.1 Å². The second-order valence-corrected chi connectivity index (χ2v) is 13.4. The molecule has 0 saturated carbocycles. The summed E-state index contributed by atoms with van der Waals surface area (Å²) in [6.45, 7) is 1.60. The second-order valence-electron chi connectivity index (χ2n) is 10.7. The molecule has 0 saturated heterocycles. The molecule has 0 aliphatic carbocycles. The smallest absolute Gasteiger partial charge is 0.269 e. The van der Waals surface area contributed by atoms with Crippen molar-refractivity contribution in [3.63, 3.8) is 0 Å². The molecule has 0 bridgehead atoms. The first-order valence-corrected chi connectivity index (χ1v) is 17.1. The van der Waals surface area contributed by atoms with Crippen LogP contribution < -0.4 is 9.62 Å². The number of unbranched alkanes of at least 4 members (excludes halogenated alkanes) is 1. The second kappa shape index (κ2) is 16.4. The van der Waals surface area contributed by atoms with Crippen molar-refractivity contribution in [1.82, 2.24) is 10.2 Å². The maximum absolute atomic E-state index is 14.5. The molecule has 4 rings (SSSR count). The SMILES string of the molecule is CCCCNC(=O)C(Cc1ccccc1)N(Cc1ccc(Cl)c(Cl)c1)C(=O)CN(c1ccc([N+](=O)[O-])cc1)S(=O)(=O)c1ccccc1. The maximum atomic E-state index is 14.5. The predicted octanol–water partition coefficient (Wildman–Crippen LogP) is 6.65. The van der Waals surface area contributed by atoms with Gasteiger partial charge >= 0.3 is 0 Å². The van der Waals surface area contributed by atoms with Crippen molar-refractivity contribution in [1.29, 1.82) is 0 Å². The van der Waals surface area contributed by atoms with Crippen molar-refractivity contribution in [3.8, 4) is 0 Å². The van der Waals surface area contributed by atoms with Crippen LogP contribution in [0.2, 0.25) is 10.0 Å². The lowest BCUT2D eigenvalue weighted by atomic mass is 10.0. The number of non-ortho nitro benzene ring substituents is 1. The van der Waals surface area contributed by atoms with E-state index in [0.717, 1.165) is 22.7 Å². The van der Waals surface area contributed by atoms with Crippen LogP contribution >= 0.6 is 23.2 Å². The average Bonchev–Trinajstić information content (AvgIpc) is 3.07. The van der Waals surface area contributed by atoms with Gasteiger partial charge in [-0.1, -0.05) is 91.1 Å². The van der Waals surface area contributed by atoms with Crippen LogP contribution in [0, 0.1) is 10.1 Å². The summed E-state index contributed by atoms with van der Waals surface area (Å²) in [5.41, 5.74) is 1.15. The molecule has 1 N–H and O–H groups in total. The minimum atomic E-state index is -4.35. The molecule has 0 fully saturated rings.